The van der Waals surface area contributed by atoms with Gasteiger partial charge in [0.15, 0.2) is 0 Å². The maximum atomic E-state index is 11.5. The monoisotopic (exact) mass is 263 g/mol. The molecule has 1 atom stereocenters. The smallest absolute Gasteiger partial charge is 0.408 e. The Morgan fingerprint density at radius 1 is 1.32 bits per heavy atom. The molecule has 0 fully saturated rings. The molecule has 0 aromatic heterocycles. The lowest BCUT2D eigenvalue weighted by Gasteiger charge is -2.13. The summed E-state index contributed by atoms with van der Waals surface area (Å²) in [6.07, 6.45) is 0.601. The second kappa shape index (κ2) is 7.92. The predicted octanol–water partition coefficient (Wildman–Crippen LogP) is 2.03. The molecule has 0 bridgehead atoms. The van der Waals surface area contributed by atoms with Crippen LogP contribution >= 0.6 is 0 Å². The summed E-state index contributed by atoms with van der Waals surface area (Å²) in [5.41, 5.74) is 0.865. The van der Waals surface area contributed by atoms with Gasteiger partial charge >= 0.3 is 12.1 Å². The number of hydrogen-bond donors (Lipinski definition) is 1. The van der Waals surface area contributed by atoms with Gasteiger partial charge in [-0.05, 0) is 12.5 Å². The van der Waals surface area contributed by atoms with Crippen molar-refractivity contribution >= 4 is 12.1 Å². The number of nitrogens with one attached hydrogen (secondary N) is 1. The number of carbonyl (C=O) groups excluding carboxylic acids is 2. The van der Waals surface area contributed by atoms with Gasteiger partial charge in [0.05, 0.1) is 6.61 Å². The molecular weight excluding hydrogens is 246 g/mol. The van der Waals surface area contributed by atoms with Crippen LogP contribution in [0.15, 0.2) is 43.0 Å². The van der Waals surface area contributed by atoms with E-state index in [-0.39, 0.29) is 13.2 Å². The third kappa shape index (κ3) is 5.25. The molecule has 1 rings (SSSR count). The molecule has 1 N–H and O–H groups in total. The van der Waals surface area contributed by atoms with Crippen molar-refractivity contribution < 1.29 is 19.1 Å². The van der Waals surface area contributed by atoms with Crippen molar-refractivity contribution in [2.45, 2.75) is 19.6 Å². The van der Waals surface area contributed by atoms with Crippen LogP contribution in [0.25, 0.3) is 0 Å². The van der Waals surface area contributed by atoms with Crippen LogP contribution in [0.5, 0.6) is 0 Å². The van der Waals surface area contributed by atoms with Crippen molar-refractivity contribution in [3.05, 3.63) is 48.6 Å². The lowest BCUT2D eigenvalue weighted by Crippen LogP contribution is -2.40. The van der Waals surface area contributed by atoms with Crippen LogP contribution in [0.2, 0.25) is 0 Å². The van der Waals surface area contributed by atoms with Gasteiger partial charge in [0.25, 0.3) is 0 Å². The zero-order valence-corrected chi connectivity index (χ0v) is 10.8. The van der Waals surface area contributed by atoms with Gasteiger partial charge in [0.1, 0.15) is 12.6 Å². The summed E-state index contributed by atoms with van der Waals surface area (Å²) in [6.45, 7) is 5.53. The number of hydrogen-bond acceptors (Lipinski definition) is 4. The highest BCUT2D eigenvalue weighted by atomic mass is 16.6. The third-order valence-electron chi connectivity index (χ3n) is 2.26. The average Bonchev–Trinajstić information content (AvgIpc) is 2.44. The summed E-state index contributed by atoms with van der Waals surface area (Å²) in [5, 5.41) is 2.37. The standard InChI is InChI=1S/C14H17NO4/c1-3-12(13(16)18-4-2)15-14(17)19-10-11-8-6-5-7-9-11/h3,5-9,12H,1,4,10H2,2H3,(H,15,17)/t12-/m0/s1. The van der Waals surface area contributed by atoms with E-state index in [2.05, 4.69) is 11.9 Å². The van der Waals surface area contributed by atoms with E-state index >= 15 is 0 Å². The normalized spacial score (nSPS) is 11.2. The van der Waals surface area contributed by atoms with Crippen molar-refractivity contribution in [1.82, 2.24) is 5.32 Å². The van der Waals surface area contributed by atoms with Crippen LogP contribution in [-0.2, 0) is 20.9 Å². The van der Waals surface area contributed by atoms with Crippen molar-refractivity contribution in [3.63, 3.8) is 0 Å². The Morgan fingerprint density at radius 2 is 2.00 bits per heavy atom. The fraction of sp³-hybridized carbons (Fsp3) is 0.286. The summed E-state index contributed by atoms with van der Waals surface area (Å²) >= 11 is 0. The molecule has 19 heavy (non-hydrogen) atoms. The van der Waals surface area contributed by atoms with E-state index in [1.807, 2.05) is 30.3 Å². The highest BCUT2D eigenvalue weighted by Gasteiger charge is 2.18. The Balaban J connectivity index is 2.41. The van der Waals surface area contributed by atoms with Crippen LogP contribution in [0.3, 0.4) is 0 Å². The molecule has 0 radical (unpaired) electrons. The fourth-order valence-corrected chi connectivity index (χ4v) is 1.34. The van der Waals surface area contributed by atoms with Gasteiger partial charge in [-0.1, -0.05) is 36.4 Å². The second-order valence-corrected chi connectivity index (χ2v) is 3.67. The zero-order valence-electron chi connectivity index (χ0n) is 10.8. The van der Waals surface area contributed by atoms with E-state index in [1.54, 1.807) is 6.92 Å². The van der Waals surface area contributed by atoms with Gasteiger partial charge in [-0.25, -0.2) is 9.59 Å². The predicted molar refractivity (Wildman–Crippen MR) is 70.4 cm³/mol. The molecule has 1 aromatic rings. The number of amides is 1. The van der Waals surface area contributed by atoms with Gasteiger partial charge in [0.2, 0.25) is 0 Å². The zero-order chi connectivity index (χ0) is 14.1. The number of carbonyl (C=O) groups is 2. The molecule has 0 spiro atoms. The largest absolute Gasteiger partial charge is 0.464 e. The lowest BCUT2D eigenvalue weighted by atomic mass is 10.2. The topological polar surface area (TPSA) is 64.6 Å². The summed E-state index contributed by atoms with van der Waals surface area (Å²) in [7, 11) is 0. The SMILES string of the molecule is C=C[C@H](NC(=O)OCc1ccccc1)C(=O)OCC. The molecule has 0 unspecified atom stereocenters. The van der Waals surface area contributed by atoms with E-state index in [0.29, 0.717) is 0 Å². The number of alkyl carbamates (subject to hydrolysis) is 1. The Labute approximate surface area is 112 Å². The highest BCUT2D eigenvalue weighted by molar-refractivity contribution is 5.83. The Hall–Kier alpha value is -2.30. The Kier molecular flexibility index (Phi) is 6.15. The van der Waals surface area contributed by atoms with Crippen molar-refractivity contribution in [1.29, 1.82) is 0 Å². The molecule has 1 amide bonds. The van der Waals surface area contributed by atoms with Gasteiger partial charge in [-0.2, -0.15) is 0 Å². The van der Waals surface area contributed by atoms with Gasteiger partial charge in [-0.3, -0.25) is 0 Å². The minimum absolute atomic E-state index is 0.138. The van der Waals surface area contributed by atoms with E-state index in [0.717, 1.165) is 5.56 Å². The molecule has 102 valence electrons. The second-order valence-electron chi connectivity index (χ2n) is 3.67. The number of esters is 1. The molecule has 0 saturated carbocycles. The minimum atomic E-state index is -0.900. The third-order valence-corrected chi connectivity index (χ3v) is 2.26. The first kappa shape index (κ1) is 14.8. The van der Waals surface area contributed by atoms with Crippen molar-refractivity contribution in [3.8, 4) is 0 Å². The molecule has 0 aliphatic rings. The molecule has 0 aliphatic heterocycles. The van der Waals surface area contributed by atoms with Gasteiger partial charge in [-0.15, -0.1) is 6.58 Å². The van der Waals surface area contributed by atoms with E-state index < -0.39 is 18.1 Å². The minimum Gasteiger partial charge on any atom is -0.464 e. The van der Waals surface area contributed by atoms with E-state index in [1.165, 1.54) is 6.08 Å². The van der Waals surface area contributed by atoms with Crippen LogP contribution in [0.4, 0.5) is 4.79 Å². The van der Waals surface area contributed by atoms with Crippen LogP contribution in [0.1, 0.15) is 12.5 Å². The first-order valence-electron chi connectivity index (χ1n) is 5.93. The quantitative estimate of drug-likeness (QED) is 0.630. The lowest BCUT2D eigenvalue weighted by molar-refractivity contribution is -0.144. The fourth-order valence-electron chi connectivity index (χ4n) is 1.34. The van der Waals surface area contributed by atoms with Crippen LogP contribution in [0, 0.1) is 0 Å². The molecule has 1 aromatic carbocycles. The maximum absolute atomic E-state index is 11.5. The molecule has 0 saturated heterocycles. The number of benzene rings is 1. The number of rotatable bonds is 6. The van der Waals surface area contributed by atoms with Crippen molar-refractivity contribution in [2.24, 2.45) is 0 Å². The summed E-state index contributed by atoms with van der Waals surface area (Å²) in [6, 6.07) is 8.35. The molecule has 5 nitrogen and oxygen atoms in total. The molecule has 0 heterocycles. The average molecular weight is 263 g/mol. The van der Waals surface area contributed by atoms with Gasteiger partial charge in [0, 0.05) is 0 Å². The first-order chi connectivity index (χ1) is 9.17. The molecule has 0 aliphatic carbocycles. The maximum Gasteiger partial charge on any atom is 0.408 e. The molecule has 5 heteroatoms. The van der Waals surface area contributed by atoms with Gasteiger partial charge < -0.3 is 14.8 Å². The Bertz CT molecular complexity index is 430. The molecular formula is C14H17NO4. The summed E-state index contributed by atoms with van der Waals surface area (Å²) in [4.78, 5) is 22.9. The highest BCUT2D eigenvalue weighted by Crippen LogP contribution is 2.01. The summed E-state index contributed by atoms with van der Waals surface area (Å²) < 4.78 is 9.76. The van der Waals surface area contributed by atoms with E-state index in [9.17, 15) is 9.59 Å². The van der Waals surface area contributed by atoms with Crippen LogP contribution in [-0.4, -0.2) is 24.7 Å². The Morgan fingerprint density at radius 3 is 2.58 bits per heavy atom. The first-order valence-corrected chi connectivity index (χ1v) is 5.93. The van der Waals surface area contributed by atoms with Crippen molar-refractivity contribution in [2.75, 3.05) is 6.61 Å². The number of ether oxygens (including phenoxy) is 2. The van der Waals surface area contributed by atoms with Crippen LogP contribution < -0.4 is 5.32 Å². The summed E-state index contributed by atoms with van der Waals surface area (Å²) in [5.74, 6) is -0.561. The van der Waals surface area contributed by atoms with E-state index in [4.69, 9.17) is 9.47 Å².